The van der Waals surface area contributed by atoms with Crippen molar-refractivity contribution in [2.24, 2.45) is 5.92 Å². The molecule has 1 unspecified atom stereocenters. The summed E-state index contributed by atoms with van der Waals surface area (Å²) in [5, 5.41) is 0. The average Bonchev–Trinajstić information content (AvgIpc) is 3.15. The summed E-state index contributed by atoms with van der Waals surface area (Å²) in [6.45, 7) is 28.8. The normalized spacial score (nSPS) is 11.2. The molecule has 0 saturated carbocycles. The van der Waals surface area contributed by atoms with E-state index < -0.39 is 0 Å². The molecular formula is C52H104. The molecule has 0 heteroatoms. The molecule has 0 aromatic carbocycles. The van der Waals surface area contributed by atoms with Crippen molar-refractivity contribution in [1.82, 2.24) is 0 Å². The van der Waals surface area contributed by atoms with Gasteiger partial charge < -0.3 is 0 Å². The molecule has 0 aromatic heterocycles. The first kappa shape index (κ1) is 62.4. The Morgan fingerprint density at radius 1 is 0.346 bits per heavy atom. The van der Waals surface area contributed by atoms with Crippen LogP contribution in [0.4, 0.5) is 0 Å². The van der Waals surface area contributed by atoms with Crippen LogP contribution in [0.2, 0.25) is 0 Å². The first-order chi connectivity index (χ1) is 25.4. The van der Waals surface area contributed by atoms with Gasteiger partial charge >= 0.3 is 0 Å². The van der Waals surface area contributed by atoms with Crippen LogP contribution >= 0.6 is 0 Å². The molecule has 0 N–H and O–H groups in total. The fourth-order valence-corrected chi connectivity index (χ4v) is 5.16. The molecule has 0 fully saturated rings. The quantitative estimate of drug-likeness (QED) is 0.0556. The van der Waals surface area contributed by atoms with Crippen molar-refractivity contribution < 1.29 is 0 Å². The zero-order valence-electron chi connectivity index (χ0n) is 38.7. The molecule has 1 atom stereocenters. The van der Waals surface area contributed by atoms with Crippen LogP contribution in [-0.2, 0) is 0 Å². The Hall–Kier alpha value is -1.56. The minimum absolute atomic E-state index is 0.924. The van der Waals surface area contributed by atoms with E-state index in [2.05, 4.69) is 111 Å². The van der Waals surface area contributed by atoms with Crippen molar-refractivity contribution in [1.29, 1.82) is 0 Å². The highest BCUT2D eigenvalue weighted by molar-refractivity contribution is 4.78. The predicted octanol–water partition coefficient (Wildman–Crippen LogP) is 20.3. The van der Waals surface area contributed by atoms with Gasteiger partial charge in [0.25, 0.3) is 0 Å². The van der Waals surface area contributed by atoms with Crippen molar-refractivity contribution in [3.63, 3.8) is 0 Å². The van der Waals surface area contributed by atoms with Crippen LogP contribution in [0.25, 0.3) is 0 Å². The summed E-state index contributed by atoms with van der Waals surface area (Å²) in [6, 6.07) is 0. The van der Waals surface area contributed by atoms with E-state index in [1.807, 2.05) is 39.8 Å². The second-order valence-electron chi connectivity index (χ2n) is 14.2. The molecule has 0 radical (unpaired) electrons. The molecule has 0 bridgehead atoms. The van der Waals surface area contributed by atoms with E-state index in [9.17, 15) is 0 Å². The molecule has 0 amide bonds. The van der Waals surface area contributed by atoms with Gasteiger partial charge in [-0.25, -0.2) is 0 Å². The zero-order chi connectivity index (χ0) is 40.4. The molecule has 0 aromatic rings. The highest BCUT2D eigenvalue weighted by Crippen LogP contribution is 2.16. The Morgan fingerprint density at radius 2 is 0.673 bits per heavy atom. The third-order valence-electron chi connectivity index (χ3n) is 8.57. The average molecular weight is 729 g/mol. The molecule has 0 aliphatic carbocycles. The lowest BCUT2D eigenvalue weighted by Crippen LogP contribution is -1.93. The van der Waals surface area contributed by atoms with Gasteiger partial charge in [-0.3, -0.25) is 0 Å². The molecular weight excluding hydrogens is 625 g/mol. The Labute approximate surface area is 334 Å². The molecule has 312 valence electrons. The Kier molecular flexibility index (Phi) is 89.5. The third-order valence-corrected chi connectivity index (χ3v) is 8.57. The SMILES string of the molecule is C/C=C/C.C/C=C/CC.C/C=C/CCC.C/C=C/CCC(C)CCCCCC.C/C=C\CCCCCCCCCCCCCCCCCC.C=CC. The van der Waals surface area contributed by atoms with E-state index >= 15 is 0 Å². The summed E-state index contributed by atoms with van der Waals surface area (Å²) >= 11 is 0. The zero-order valence-corrected chi connectivity index (χ0v) is 38.7. The lowest BCUT2D eigenvalue weighted by Gasteiger charge is -2.08. The molecule has 0 nitrogen and oxygen atoms in total. The minimum Gasteiger partial charge on any atom is -0.103 e. The maximum absolute atomic E-state index is 3.36. The van der Waals surface area contributed by atoms with Crippen molar-refractivity contribution in [2.45, 2.75) is 256 Å². The van der Waals surface area contributed by atoms with E-state index in [-0.39, 0.29) is 0 Å². The second-order valence-corrected chi connectivity index (χ2v) is 14.2. The van der Waals surface area contributed by atoms with E-state index in [0.29, 0.717) is 0 Å². The Bertz CT molecular complexity index is 654. The summed E-state index contributed by atoms with van der Waals surface area (Å²) in [7, 11) is 0. The van der Waals surface area contributed by atoms with E-state index in [1.54, 1.807) is 6.08 Å². The number of unbranched alkanes of at least 4 members (excludes halogenated alkanes) is 20. The van der Waals surface area contributed by atoms with Gasteiger partial charge in [-0.1, -0.05) is 236 Å². The molecule has 52 heavy (non-hydrogen) atoms. The van der Waals surface area contributed by atoms with Gasteiger partial charge in [0.1, 0.15) is 0 Å². The Morgan fingerprint density at radius 3 is 0.962 bits per heavy atom. The maximum atomic E-state index is 3.36. The first-order valence-corrected chi connectivity index (χ1v) is 23.0. The molecule has 0 aliphatic rings. The van der Waals surface area contributed by atoms with Gasteiger partial charge in [0.2, 0.25) is 0 Å². The number of allylic oxidation sites excluding steroid dienone is 11. The molecule has 0 heterocycles. The van der Waals surface area contributed by atoms with Gasteiger partial charge in [-0.2, -0.15) is 0 Å². The van der Waals surface area contributed by atoms with Crippen LogP contribution in [0.15, 0.2) is 73.4 Å². The topological polar surface area (TPSA) is 0 Å². The van der Waals surface area contributed by atoms with Gasteiger partial charge in [0.15, 0.2) is 0 Å². The molecule has 0 rings (SSSR count). The van der Waals surface area contributed by atoms with E-state index in [0.717, 1.165) is 12.3 Å². The lowest BCUT2D eigenvalue weighted by atomic mass is 9.98. The van der Waals surface area contributed by atoms with E-state index in [1.165, 1.54) is 167 Å². The summed E-state index contributed by atoms with van der Waals surface area (Å²) in [5.41, 5.74) is 0. The number of rotatable bonds is 28. The summed E-state index contributed by atoms with van der Waals surface area (Å²) in [6.07, 6.45) is 61.1. The van der Waals surface area contributed by atoms with Crippen LogP contribution in [0.5, 0.6) is 0 Å². The third kappa shape index (κ3) is 97.5. The monoisotopic (exact) mass is 729 g/mol. The lowest BCUT2D eigenvalue weighted by molar-refractivity contribution is 0.463. The van der Waals surface area contributed by atoms with E-state index in [4.69, 9.17) is 0 Å². The molecule has 0 saturated heterocycles. The molecule has 0 aliphatic heterocycles. The fourth-order valence-electron chi connectivity index (χ4n) is 5.16. The minimum atomic E-state index is 0.924. The number of hydrogen-bond acceptors (Lipinski definition) is 0. The van der Waals surface area contributed by atoms with Crippen LogP contribution in [0, 0.1) is 5.92 Å². The van der Waals surface area contributed by atoms with Crippen molar-refractivity contribution in [2.75, 3.05) is 0 Å². The maximum Gasteiger partial charge on any atom is -0.0348 e. The van der Waals surface area contributed by atoms with Gasteiger partial charge in [0, 0.05) is 0 Å². The summed E-state index contributed by atoms with van der Waals surface area (Å²) in [4.78, 5) is 0. The highest BCUT2D eigenvalue weighted by atomic mass is 14.1. The van der Waals surface area contributed by atoms with Gasteiger partial charge in [-0.05, 0) is 92.9 Å². The first-order valence-electron chi connectivity index (χ1n) is 23.0. The van der Waals surface area contributed by atoms with Crippen molar-refractivity contribution in [3.8, 4) is 0 Å². The molecule has 0 spiro atoms. The fraction of sp³-hybridized carbons (Fsp3) is 0.769. The van der Waals surface area contributed by atoms with Crippen LogP contribution in [0.3, 0.4) is 0 Å². The van der Waals surface area contributed by atoms with Crippen LogP contribution in [-0.4, -0.2) is 0 Å². The summed E-state index contributed by atoms with van der Waals surface area (Å²) < 4.78 is 0. The smallest absolute Gasteiger partial charge is 0.0348 e. The number of hydrogen-bond donors (Lipinski definition) is 0. The summed E-state index contributed by atoms with van der Waals surface area (Å²) in [5.74, 6) is 0.924. The standard InChI is InChI=1S/C21H42.C13H26.C6H12.C5H10.C4H8.C3H6/c1-3-5-7-9-11-13-15-17-19-21-20-18-16-14-12-10-8-6-4-2;1-4-6-8-10-12-13(3)11-9-7-5-2;1-3-5-6-4-2;1-3-5-4-2;1-3-4-2;1-3-2/h3,5H,4,6-21H2,1-2H3;5,7,13H,4,6,8-12H2,1-3H3;3,5H,4,6H2,1-2H3;3,5H,4H2,1-2H3;3-4H,1-2H3;3H,1H2,2H3/b5-3-;7-5+;2*5-3+;4-3+;. The Balaban J connectivity index is -0.000000144. The van der Waals surface area contributed by atoms with Crippen LogP contribution < -0.4 is 0 Å². The van der Waals surface area contributed by atoms with Gasteiger partial charge in [-0.15, -0.1) is 6.58 Å². The predicted molar refractivity (Wildman–Crippen MR) is 252 cm³/mol. The van der Waals surface area contributed by atoms with Gasteiger partial charge in [0.05, 0.1) is 0 Å². The second kappa shape index (κ2) is 74.6. The van der Waals surface area contributed by atoms with Crippen LogP contribution in [0.1, 0.15) is 256 Å². The van der Waals surface area contributed by atoms with Crippen molar-refractivity contribution >= 4 is 0 Å². The largest absolute Gasteiger partial charge is 0.103 e. The van der Waals surface area contributed by atoms with Crippen molar-refractivity contribution in [3.05, 3.63) is 73.4 Å². The highest BCUT2D eigenvalue weighted by Gasteiger charge is 2.00.